The minimum absolute atomic E-state index is 0.559. The topological polar surface area (TPSA) is 39.1 Å². The van der Waals surface area contributed by atoms with E-state index in [1.54, 1.807) is 0 Å². The Labute approximate surface area is 95.6 Å². The van der Waals surface area contributed by atoms with Crippen LogP contribution in [0.4, 0.5) is 0 Å². The van der Waals surface area contributed by atoms with Gasteiger partial charge in [-0.25, -0.2) is 0 Å². The van der Waals surface area contributed by atoms with Gasteiger partial charge in [0.05, 0.1) is 19.4 Å². The van der Waals surface area contributed by atoms with Crippen LogP contribution in [0, 0.1) is 0 Å². The molecule has 0 aliphatic heterocycles. The summed E-state index contributed by atoms with van der Waals surface area (Å²) in [5, 5.41) is 7.47. The third kappa shape index (κ3) is 5.16. The molecule has 0 amide bonds. The second kappa shape index (κ2) is 7.68. The third-order valence-electron chi connectivity index (χ3n) is 1.98. The van der Waals surface area contributed by atoms with Crippen LogP contribution in [0.5, 0.6) is 0 Å². The Kier molecular flexibility index (Phi) is 6.39. The maximum atomic E-state index is 5.47. The van der Waals surface area contributed by atoms with E-state index >= 15 is 0 Å². The largest absolute Gasteiger partial charge is 0.379 e. The molecule has 4 nitrogen and oxygen atoms in total. The molecule has 0 spiro atoms. The summed E-state index contributed by atoms with van der Waals surface area (Å²) < 4.78 is 7.15. The quantitative estimate of drug-likeness (QED) is 0.541. The van der Waals surface area contributed by atoms with E-state index in [2.05, 4.69) is 17.3 Å². The van der Waals surface area contributed by atoms with Crippen molar-refractivity contribution in [3.63, 3.8) is 0 Å². The van der Waals surface area contributed by atoms with Gasteiger partial charge in [0.15, 0.2) is 0 Å². The first-order valence-corrected chi connectivity index (χ1v) is 5.76. The van der Waals surface area contributed by atoms with Gasteiger partial charge >= 0.3 is 0 Å². The molecule has 1 heterocycles. The fourth-order valence-electron chi connectivity index (χ4n) is 1.20. The summed E-state index contributed by atoms with van der Waals surface area (Å²) in [6, 6.07) is 0. The summed E-state index contributed by atoms with van der Waals surface area (Å²) in [7, 11) is 0. The highest BCUT2D eigenvalue weighted by molar-refractivity contribution is 6.17. The molecule has 0 saturated heterocycles. The van der Waals surface area contributed by atoms with Crippen LogP contribution in [0.1, 0.15) is 12.5 Å². The number of nitrogens with zero attached hydrogens (tertiary/aromatic N) is 2. The maximum absolute atomic E-state index is 5.47. The number of nitrogens with one attached hydrogen (secondary N) is 1. The first-order chi connectivity index (χ1) is 7.36. The fourth-order valence-corrected chi connectivity index (χ4v) is 1.31. The van der Waals surface area contributed by atoms with Gasteiger partial charge in [0.1, 0.15) is 0 Å². The number of rotatable bonds is 8. The minimum Gasteiger partial charge on any atom is -0.379 e. The van der Waals surface area contributed by atoms with Gasteiger partial charge in [-0.1, -0.05) is 0 Å². The van der Waals surface area contributed by atoms with Gasteiger partial charge in [0, 0.05) is 37.3 Å². The van der Waals surface area contributed by atoms with Crippen LogP contribution in [0.15, 0.2) is 12.4 Å². The Balaban J connectivity index is 2.04. The smallest absolute Gasteiger partial charge is 0.0602 e. The molecular weight excluding hydrogens is 214 g/mol. The molecule has 15 heavy (non-hydrogen) atoms. The van der Waals surface area contributed by atoms with Crippen molar-refractivity contribution >= 4 is 11.6 Å². The lowest BCUT2D eigenvalue weighted by atomic mass is 10.3. The van der Waals surface area contributed by atoms with E-state index in [1.807, 2.05) is 17.1 Å². The van der Waals surface area contributed by atoms with Crippen molar-refractivity contribution in [3.8, 4) is 0 Å². The second-order valence-corrected chi connectivity index (χ2v) is 3.56. The van der Waals surface area contributed by atoms with Crippen molar-refractivity contribution in [2.45, 2.75) is 20.0 Å². The summed E-state index contributed by atoms with van der Waals surface area (Å²) in [6.07, 6.45) is 3.93. The van der Waals surface area contributed by atoms with E-state index in [0.717, 1.165) is 19.6 Å². The van der Waals surface area contributed by atoms with Crippen molar-refractivity contribution in [3.05, 3.63) is 18.0 Å². The molecule has 0 atom stereocenters. The zero-order valence-corrected chi connectivity index (χ0v) is 9.83. The second-order valence-electron chi connectivity index (χ2n) is 3.18. The molecule has 0 fully saturated rings. The molecule has 0 saturated carbocycles. The molecule has 5 heteroatoms. The van der Waals surface area contributed by atoms with Gasteiger partial charge in [-0.05, 0) is 6.92 Å². The van der Waals surface area contributed by atoms with E-state index in [-0.39, 0.29) is 0 Å². The highest BCUT2D eigenvalue weighted by atomic mass is 35.5. The summed E-state index contributed by atoms with van der Waals surface area (Å²) >= 11 is 5.47. The Morgan fingerprint density at radius 1 is 1.53 bits per heavy atom. The van der Waals surface area contributed by atoms with Crippen LogP contribution in [0.2, 0.25) is 0 Å². The van der Waals surface area contributed by atoms with E-state index < -0.39 is 0 Å². The molecule has 1 aromatic heterocycles. The number of ether oxygens (including phenoxy) is 1. The summed E-state index contributed by atoms with van der Waals surface area (Å²) in [5.41, 5.74) is 1.20. The number of aryl methyl sites for hydroxylation is 1. The zero-order valence-electron chi connectivity index (χ0n) is 9.08. The zero-order chi connectivity index (χ0) is 10.9. The highest BCUT2D eigenvalue weighted by Crippen LogP contribution is 1.96. The first-order valence-electron chi connectivity index (χ1n) is 5.22. The molecule has 86 valence electrons. The lowest BCUT2D eigenvalue weighted by Crippen LogP contribution is -2.19. The van der Waals surface area contributed by atoms with Gasteiger partial charge in [-0.3, -0.25) is 4.68 Å². The Morgan fingerprint density at radius 3 is 3.07 bits per heavy atom. The van der Waals surface area contributed by atoms with Gasteiger partial charge in [0.25, 0.3) is 0 Å². The van der Waals surface area contributed by atoms with Crippen LogP contribution in [0.25, 0.3) is 0 Å². The molecule has 0 radical (unpaired) electrons. The van der Waals surface area contributed by atoms with Gasteiger partial charge < -0.3 is 10.1 Å². The average Bonchev–Trinajstić information content (AvgIpc) is 2.71. The third-order valence-corrected chi connectivity index (χ3v) is 2.14. The Bertz CT molecular complexity index is 265. The number of hydrogen-bond acceptors (Lipinski definition) is 3. The molecule has 0 aliphatic rings. The van der Waals surface area contributed by atoms with Crippen LogP contribution in [0.3, 0.4) is 0 Å². The summed E-state index contributed by atoms with van der Waals surface area (Å²) in [6.45, 7) is 5.99. The van der Waals surface area contributed by atoms with Crippen molar-refractivity contribution in [1.82, 2.24) is 15.1 Å². The molecule has 1 N–H and O–H groups in total. The average molecular weight is 232 g/mol. The number of hydrogen-bond donors (Lipinski definition) is 1. The summed E-state index contributed by atoms with van der Waals surface area (Å²) in [4.78, 5) is 0. The van der Waals surface area contributed by atoms with Crippen molar-refractivity contribution < 1.29 is 4.74 Å². The predicted molar refractivity (Wildman–Crippen MR) is 61.1 cm³/mol. The molecule has 1 aromatic rings. The van der Waals surface area contributed by atoms with E-state index in [4.69, 9.17) is 16.3 Å². The van der Waals surface area contributed by atoms with Crippen LogP contribution >= 0.6 is 11.6 Å². The van der Waals surface area contributed by atoms with Gasteiger partial charge in [0.2, 0.25) is 0 Å². The van der Waals surface area contributed by atoms with E-state index in [9.17, 15) is 0 Å². The Hall–Kier alpha value is -0.580. The standard InChI is InChI=1S/C10H18ClN3O/c1-2-14-9-10(8-13-14)7-12-4-6-15-5-3-11/h8-9,12H,2-7H2,1H3. The molecular formula is C10H18ClN3O. The highest BCUT2D eigenvalue weighted by Gasteiger charge is 1.96. The van der Waals surface area contributed by atoms with Gasteiger partial charge in [-0.15, -0.1) is 11.6 Å². The lowest BCUT2D eigenvalue weighted by Gasteiger charge is -2.03. The number of halogens is 1. The van der Waals surface area contributed by atoms with Crippen molar-refractivity contribution in [1.29, 1.82) is 0 Å². The van der Waals surface area contributed by atoms with E-state index in [0.29, 0.717) is 19.1 Å². The number of alkyl halides is 1. The molecule has 1 rings (SSSR count). The molecule has 0 aromatic carbocycles. The van der Waals surface area contributed by atoms with Crippen LogP contribution < -0.4 is 5.32 Å². The molecule has 0 bridgehead atoms. The normalized spacial score (nSPS) is 10.8. The van der Waals surface area contributed by atoms with Crippen LogP contribution in [-0.2, 0) is 17.8 Å². The first kappa shape index (κ1) is 12.5. The predicted octanol–water partition coefficient (Wildman–Crippen LogP) is 1.25. The summed E-state index contributed by atoms with van der Waals surface area (Å²) in [5.74, 6) is 0.559. The molecule has 0 aliphatic carbocycles. The van der Waals surface area contributed by atoms with Crippen molar-refractivity contribution in [2.75, 3.05) is 25.6 Å². The van der Waals surface area contributed by atoms with Gasteiger partial charge in [-0.2, -0.15) is 5.10 Å². The monoisotopic (exact) mass is 231 g/mol. The lowest BCUT2D eigenvalue weighted by molar-refractivity contribution is 0.151. The maximum Gasteiger partial charge on any atom is 0.0602 e. The minimum atomic E-state index is 0.559. The van der Waals surface area contributed by atoms with Crippen molar-refractivity contribution in [2.24, 2.45) is 0 Å². The fraction of sp³-hybridized carbons (Fsp3) is 0.700. The van der Waals surface area contributed by atoms with Crippen LogP contribution in [-0.4, -0.2) is 35.4 Å². The number of aromatic nitrogens is 2. The Morgan fingerprint density at radius 2 is 2.40 bits per heavy atom. The SMILES string of the molecule is CCn1cc(CNCCOCCCl)cn1. The van der Waals surface area contributed by atoms with E-state index in [1.165, 1.54) is 5.56 Å². The molecule has 0 unspecified atom stereocenters.